The maximum atomic E-state index is 14.2. The van der Waals surface area contributed by atoms with Crippen LogP contribution in [0, 0.1) is 23.7 Å². The summed E-state index contributed by atoms with van der Waals surface area (Å²) in [6.45, 7) is 13.9. The summed E-state index contributed by atoms with van der Waals surface area (Å²) in [5.74, 6) is -3.21. The van der Waals surface area contributed by atoms with E-state index in [-0.39, 0.29) is 48.3 Å². The van der Waals surface area contributed by atoms with Crippen LogP contribution < -0.4 is 10.6 Å². The first kappa shape index (κ1) is 45.6. The number of carbonyl (C=O) groups excluding carboxylic acids is 4. The summed E-state index contributed by atoms with van der Waals surface area (Å²) in [4.78, 5) is 72.5. The zero-order chi connectivity index (χ0) is 40.2. The van der Waals surface area contributed by atoms with Crippen LogP contribution in [0.4, 0.5) is 0 Å². The molecule has 0 aliphatic carbocycles. The second-order valence-electron chi connectivity index (χ2n) is 15.6. The molecule has 0 saturated carbocycles. The SMILES string of the molecule is CCC(C)C(C(CC(=O)N1CCCC1C(OC)C(C)C(=O)NC(Cc1ccccc1)C(=O)O)OC)N(C)C(=O)C(NC(=O)C(C(C)C)N(C)C)C(C)C. The molecule has 1 saturated heterocycles. The Bertz CT molecular complexity index is 1330. The van der Waals surface area contributed by atoms with Gasteiger partial charge in [0.05, 0.1) is 42.7 Å². The number of hydrogen-bond acceptors (Lipinski definition) is 8. The molecule has 1 fully saturated rings. The van der Waals surface area contributed by atoms with Crippen LogP contribution >= 0.6 is 0 Å². The molecular formula is C40H67N5O8. The molecule has 0 aromatic heterocycles. The van der Waals surface area contributed by atoms with Crippen LogP contribution in [0.5, 0.6) is 0 Å². The summed E-state index contributed by atoms with van der Waals surface area (Å²) in [6.07, 6.45) is 0.820. The molecule has 3 N–H and O–H groups in total. The van der Waals surface area contributed by atoms with E-state index in [1.807, 2.05) is 90.9 Å². The third kappa shape index (κ3) is 12.2. The van der Waals surface area contributed by atoms with Gasteiger partial charge in [0.2, 0.25) is 23.6 Å². The Labute approximate surface area is 317 Å². The van der Waals surface area contributed by atoms with Crippen molar-refractivity contribution >= 4 is 29.6 Å². The Hall–Kier alpha value is -3.55. The average Bonchev–Trinajstić information content (AvgIpc) is 3.59. The molecule has 53 heavy (non-hydrogen) atoms. The van der Waals surface area contributed by atoms with Gasteiger partial charge in [-0.3, -0.25) is 24.1 Å². The number of nitrogens with one attached hydrogen (secondary N) is 2. The number of carbonyl (C=O) groups is 5. The van der Waals surface area contributed by atoms with Crippen molar-refractivity contribution in [3.63, 3.8) is 0 Å². The number of ether oxygens (including phenoxy) is 2. The van der Waals surface area contributed by atoms with Crippen LogP contribution in [0.2, 0.25) is 0 Å². The van der Waals surface area contributed by atoms with Gasteiger partial charge in [-0.15, -0.1) is 0 Å². The minimum Gasteiger partial charge on any atom is -0.480 e. The molecule has 2 rings (SSSR count). The van der Waals surface area contributed by atoms with E-state index in [0.29, 0.717) is 19.4 Å². The second-order valence-corrected chi connectivity index (χ2v) is 15.6. The van der Waals surface area contributed by atoms with Gasteiger partial charge in [-0.25, -0.2) is 4.79 Å². The fourth-order valence-electron chi connectivity index (χ4n) is 7.76. The third-order valence-corrected chi connectivity index (χ3v) is 10.8. The molecule has 300 valence electrons. The maximum absolute atomic E-state index is 14.2. The van der Waals surface area contributed by atoms with Crippen molar-refractivity contribution in [2.75, 3.05) is 41.9 Å². The Morgan fingerprint density at radius 3 is 2.02 bits per heavy atom. The number of aliphatic carboxylic acids is 1. The molecule has 13 nitrogen and oxygen atoms in total. The number of amides is 4. The number of methoxy groups -OCH3 is 2. The van der Waals surface area contributed by atoms with E-state index in [1.165, 1.54) is 14.2 Å². The van der Waals surface area contributed by atoms with Crippen molar-refractivity contribution in [1.29, 1.82) is 0 Å². The zero-order valence-electron chi connectivity index (χ0n) is 34.1. The summed E-state index contributed by atoms with van der Waals surface area (Å²) in [7, 11) is 8.44. The average molecular weight is 746 g/mol. The fourth-order valence-corrected chi connectivity index (χ4v) is 7.76. The van der Waals surface area contributed by atoms with Crippen LogP contribution in [0.15, 0.2) is 30.3 Å². The molecule has 9 atom stereocenters. The quantitative estimate of drug-likeness (QED) is 0.172. The molecule has 1 aromatic carbocycles. The predicted molar refractivity (Wildman–Crippen MR) is 205 cm³/mol. The number of carboxylic acid groups (broad SMARTS) is 1. The summed E-state index contributed by atoms with van der Waals surface area (Å²) in [6, 6.07) is 5.89. The van der Waals surface area contributed by atoms with Gasteiger partial charge in [-0.2, -0.15) is 0 Å². The van der Waals surface area contributed by atoms with E-state index in [2.05, 4.69) is 10.6 Å². The molecule has 0 radical (unpaired) electrons. The number of benzene rings is 1. The van der Waals surface area contributed by atoms with Gasteiger partial charge >= 0.3 is 5.97 Å². The van der Waals surface area contributed by atoms with E-state index in [0.717, 1.165) is 12.0 Å². The Morgan fingerprint density at radius 1 is 0.906 bits per heavy atom. The highest BCUT2D eigenvalue weighted by Crippen LogP contribution is 2.30. The molecular weight excluding hydrogens is 678 g/mol. The summed E-state index contributed by atoms with van der Waals surface area (Å²) in [5.41, 5.74) is 0.785. The summed E-state index contributed by atoms with van der Waals surface area (Å²) in [5, 5.41) is 15.6. The molecule has 0 bridgehead atoms. The largest absolute Gasteiger partial charge is 0.480 e. The Kier molecular flexibility index (Phi) is 18.4. The number of rotatable bonds is 21. The van der Waals surface area contributed by atoms with Crippen molar-refractivity contribution in [2.24, 2.45) is 23.7 Å². The molecule has 13 heteroatoms. The number of nitrogens with zero attached hydrogens (tertiary/aromatic N) is 3. The van der Waals surface area contributed by atoms with Crippen molar-refractivity contribution in [3.05, 3.63) is 35.9 Å². The van der Waals surface area contributed by atoms with Crippen LogP contribution in [-0.4, -0.2) is 134 Å². The lowest BCUT2D eigenvalue weighted by molar-refractivity contribution is -0.148. The van der Waals surface area contributed by atoms with Gasteiger partial charge in [0.15, 0.2) is 0 Å². The van der Waals surface area contributed by atoms with Gasteiger partial charge in [0.25, 0.3) is 0 Å². The van der Waals surface area contributed by atoms with Crippen molar-refractivity contribution in [3.8, 4) is 0 Å². The lowest BCUT2D eigenvalue weighted by Crippen LogP contribution is -2.59. The lowest BCUT2D eigenvalue weighted by Gasteiger charge is -2.41. The van der Waals surface area contributed by atoms with Crippen LogP contribution in [-0.2, 0) is 39.9 Å². The van der Waals surface area contributed by atoms with Crippen LogP contribution in [0.3, 0.4) is 0 Å². The predicted octanol–water partition coefficient (Wildman–Crippen LogP) is 3.45. The van der Waals surface area contributed by atoms with Crippen molar-refractivity contribution < 1.29 is 38.6 Å². The van der Waals surface area contributed by atoms with Crippen molar-refractivity contribution in [2.45, 2.75) is 123 Å². The molecule has 9 unspecified atom stereocenters. The first-order valence-corrected chi connectivity index (χ1v) is 19.1. The van der Waals surface area contributed by atoms with E-state index in [1.54, 1.807) is 23.8 Å². The molecule has 1 aliphatic heterocycles. The highest BCUT2D eigenvalue weighted by atomic mass is 16.5. The molecule has 4 amide bonds. The zero-order valence-corrected chi connectivity index (χ0v) is 34.1. The van der Waals surface area contributed by atoms with Gasteiger partial charge in [-0.05, 0) is 50.3 Å². The number of likely N-dealkylation sites (N-methyl/N-ethyl adjacent to an activating group) is 2. The summed E-state index contributed by atoms with van der Waals surface area (Å²) >= 11 is 0. The van der Waals surface area contributed by atoms with Gasteiger partial charge in [0, 0.05) is 34.2 Å². The number of carboxylic acids is 1. The topological polar surface area (TPSA) is 158 Å². The van der Waals surface area contributed by atoms with E-state index < -0.39 is 60.2 Å². The standard InChI is InChI=1S/C40H67N5O8/c1-13-26(6)35(44(10)39(49)33(24(2)3)42-38(48)34(25(4)5)43(8)9)31(52-11)23-32(46)45-21-17-20-30(45)36(53-12)27(7)37(47)41-29(40(50)51)22-28-18-15-14-16-19-28/h14-16,18-19,24-27,29-31,33-36H,13,17,20-23H2,1-12H3,(H,41,47)(H,42,48)(H,50,51). The first-order chi connectivity index (χ1) is 24.9. The highest BCUT2D eigenvalue weighted by Gasteiger charge is 2.43. The Balaban J connectivity index is 2.27. The minimum atomic E-state index is -1.14. The number of hydrogen-bond donors (Lipinski definition) is 3. The lowest BCUT2D eigenvalue weighted by atomic mass is 9.89. The third-order valence-electron chi connectivity index (χ3n) is 10.8. The maximum Gasteiger partial charge on any atom is 0.326 e. The number of likely N-dealkylation sites (tertiary alicyclic amines) is 1. The Morgan fingerprint density at radius 2 is 1.53 bits per heavy atom. The smallest absolute Gasteiger partial charge is 0.326 e. The molecule has 0 spiro atoms. The fraction of sp³-hybridized carbons (Fsp3) is 0.725. The second kappa shape index (κ2) is 21.4. The molecule has 1 aromatic rings. The van der Waals surface area contributed by atoms with Crippen LogP contribution in [0.25, 0.3) is 0 Å². The monoisotopic (exact) mass is 745 g/mol. The van der Waals surface area contributed by atoms with Gasteiger partial charge in [0.1, 0.15) is 12.1 Å². The summed E-state index contributed by atoms with van der Waals surface area (Å²) < 4.78 is 11.9. The van der Waals surface area contributed by atoms with E-state index in [9.17, 15) is 29.1 Å². The molecule has 1 heterocycles. The van der Waals surface area contributed by atoms with E-state index >= 15 is 0 Å². The van der Waals surface area contributed by atoms with Gasteiger partial charge < -0.3 is 35.0 Å². The highest BCUT2D eigenvalue weighted by molar-refractivity contribution is 5.90. The van der Waals surface area contributed by atoms with Crippen LogP contribution in [0.1, 0.15) is 79.7 Å². The first-order valence-electron chi connectivity index (χ1n) is 19.1. The minimum absolute atomic E-state index is 0.0104. The van der Waals surface area contributed by atoms with E-state index in [4.69, 9.17) is 9.47 Å². The van der Waals surface area contributed by atoms with Crippen molar-refractivity contribution in [1.82, 2.24) is 25.3 Å². The normalized spacial score (nSPS) is 19.2. The molecule has 1 aliphatic rings. The van der Waals surface area contributed by atoms with Gasteiger partial charge in [-0.1, -0.05) is 85.2 Å².